The fourth-order valence-electron chi connectivity index (χ4n) is 2.33. The zero-order chi connectivity index (χ0) is 13.7. The number of rotatable bonds is 4. The third-order valence-electron chi connectivity index (χ3n) is 3.40. The molecule has 1 aliphatic rings. The Kier molecular flexibility index (Phi) is 5.19. The molecule has 2 atom stereocenters. The summed E-state index contributed by atoms with van der Waals surface area (Å²) in [7, 11) is 0. The summed E-state index contributed by atoms with van der Waals surface area (Å²) in [6.07, 6.45) is 3.54. The van der Waals surface area contributed by atoms with Gasteiger partial charge in [-0.3, -0.25) is 4.79 Å². The van der Waals surface area contributed by atoms with E-state index < -0.39 is 0 Å². The lowest BCUT2D eigenvalue weighted by Gasteiger charge is -2.28. The minimum Gasteiger partial charge on any atom is -0.392 e. The lowest BCUT2D eigenvalue weighted by molar-refractivity contribution is -0.115. The molecule has 19 heavy (non-hydrogen) atoms. The highest BCUT2D eigenvalue weighted by Gasteiger charge is 2.22. The standard InChI is InChI=1S/C14H19ClN2O2/c15-10-5-1-2-6-11(10)17-14(19)9-16-12-7-3-4-8-13(12)18/h1-2,5-6,12-13,16,18H,3-4,7-9H2,(H,17,19). The Bertz CT molecular complexity index is 439. The van der Waals surface area contributed by atoms with E-state index in [1.54, 1.807) is 12.1 Å². The summed E-state index contributed by atoms with van der Waals surface area (Å²) >= 11 is 5.97. The summed E-state index contributed by atoms with van der Waals surface area (Å²) in [5.41, 5.74) is 0.611. The van der Waals surface area contributed by atoms with Crippen LogP contribution in [0.4, 0.5) is 5.69 Å². The van der Waals surface area contributed by atoms with Crippen LogP contribution in [-0.4, -0.2) is 29.7 Å². The van der Waals surface area contributed by atoms with Gasteiger partial charge in [-0.1, -0.05) is 36.6 Å². The van der Waals surface area contributed by atoms with E-state index in [2.05, 4.69) is 10.6 Å². The van der Waals surface area contributed by atoms with E-state index in [0.29, 0.717) is 10.7 Å². The second kappa shape index (κ2) is 6.89. The molecule has 2 unspecified atom stereocenters. The van der Waals surface area contributed by atoms with Crippen molar-refractivity contribution < 1.29 is 9.90 Å². The number of aliphatic hydroxyl groups is 1. The molecular weight excluding hydrogens is 264 g/mol. The van der Waals surface area contributed by atoms with Crippen LogP contribution in [0.2, 0.25) is 5.02 Å². The third-order valence-corrected chi connectivity index (χ3v) is 3.73. The van der Waals surface area contributed by atoms with Crippen LogP contribution in [0.25, 0.3) is 0 Å². The largest absolute Gasteiger partial charge is 0.392 e. The van der Waals surface area contributed by atoms with Crippen molar-refractivity contribution in [1.82, 2.24) is 5.32 Å². The van der Waals surface area contributed by atoms with Gasteiger partial charge in [-0.2, -0.15) is 0 Å². The molecule has 0 radical (unpaired) electrons. The second-order valence-electron chi connectivity index (χ2n) is 4.87. The summed E-state index contributed by atoms with van der Waals surface area (Å²) in [6.45, 7) is 0.187. The molecule has 1 aromatic rings. The average molecular weight is 283 g/mol. The van der Waals surface area contributed by atoms with E-state index in [0.717, 1.165) is 25.7 Å². The molecule has 0 saturated heterocycles. The van der Waals surface area contributed by atoms with E-state index in [4.69, 9.17) is 11.6 Å². The zero-order valence-corrected chi connectivity index (χ0v) is 11.5. The van der Waals surface area contributed by atoms with Gasteiger partial charge in [0.05, 0.1) is 23.4 Å². The van der Waals surface area contributed by atoms with Gasteiger partial charge >= 0.3 is 0 Å². The first-order chi connectivity index (χ1) is 9.16. The number of para-hydroxylation sites is 1. The van der Waals surface area contributed by atoms with Crippen LogP contribution < -0.4 is 10.6 Å². The lowest BCUT2D eigenvalue weighted by atomic mass is 9.93. The van der Waals surface area contributed by atoms with Crippen LogP contribution in [0.1, 0.15) is 25.7 Å². The second-order valence-corrected chi connectivity index (χ2v) is 5.27. The van der Waals surface area contributed by atoms with Crippen molar-refractivity contribution in [3.63, 3.8) is 0 Å². The molecular formula is C14H19ClN2O2. The number of amides is 1. The maximum absolute atomic E-state index is 11.8. The molecule has 4 nitrogen and oxygen atoms in total. The highest BCUT2D eigenvalue weighted by molar-refractivity contribution is 6.33. The molecule has 0 spiro atoms. The number of carbonyl (C=O) groups is 1. The molecule has 0 aliphatic heterocycles. The van der Waals surface area contributed by atoms with Gasteiger partial charge in [-0.15, -0.1) is 0 Å². The van der Waals surface area contributed by atoms with Crippen molar-refractivity contribution in [3.05, 3.63) is 29.3 Å². The first kappa shape index (κ1) is 14.3. The van der Waals surface area contributed by atoms with E-state index >= 15 is 0 Å². The summed E-state index contributed by atoms with van der Waals surface area (Å²) in [6, 6.07) is 7.14. The van der Waals surface area contributed by atoms with Crippen LogP contribution in [-0.2, 0) is 4.79 Å². The molecule has 0 bridgehead atoms. The minimum atomic E-state index is -0.345. The maximum Gasteiger partial charge on any atom is 0.238 e. The zero-order valence-electron chi connectivity index (χ0n) is 10.7. The van der Waals surface area contributed by atoms with Crippen molar-refractivity contribution in [2.75, 3.05) is 11.9 Å². The molecule has 1 aromatic carbocycles. The Balaban J connectivity index is 1.80. The monoisotopic (exact) mass is 282 g/mol. The van der Waals surface area contributed by atoms with Gasteiger partial charge in [0.15, 0.2) is 0 Å². The van der Waals surface area contributed by atoms with E-state index in [1.807, 2.05) is 12.1 Å². The Hall–Kier alpha value is -1.10. The summed E-state index contributed by atoms with van der Waals surface area (Å²) in [5, 5.41) is 16.2. The Morgan fingerprint density at radius 1 is 1.32 bits per heavy atom. The number of anilines is 1. The minimum absolute atomic E-state index is 0.0192. The summed E-state index contributed by atoms with van der Waals surface area (Å²) < 4.78 is 0. The fraction of sp³-hybridized carbons (Fsp3) is 0.500. The number of hydrogen-bond acceptors (Lipinski definition) is 3. The van der Waals surface area contributed by atoms with Crippen molar-refractivity contribution >= 4 is 23.2 Å². The molecule has 0 heterocycles. The average Bonchev–Trinajstić information content (AvgIpc) is 2.40. The first-order valence-electron chi connectivity index (χ1n) is 6.62. The summed E-state index contributed by atoms with van der Waals surface area (Å²) in [4.78, 5) is 11.8. The Labute approximate surface area is 118 Å². The molecule has 2 rings (SSSR count). The van der Waals surface area contributed by atoms with Crippen molar-refractivity contribution in [2.45, 2.75) is 37.8 Å². The van der Waals surface area contributed by atoms with Gasteiger partial charge in [0.1, 0.15) is 0 Å². The van der Waals surface area contributed by atoms with Gasteiger partial charge in [0, 0.05) is 6.04 Å². The SMILES string of the molecule is O=C(CNC1CCCCC1O)Nc1ccccc1Cl. The molecule has 3 N–H and O–H groups in total. The topological polar surface area (TPSA) is 61.4 Å². The molecule has 5 heteroatoms. The summed E-state index contributed by atoms with van der Waals surface area (Å²) in [5.74, 6) is -0.147. The highest BCUT2D eigenvalue weighted by Crippen LogP contribution is 2.20. The fourth-order valence-corrected chi connectivity index (χ4v) is 2.51. The molecule has 1 aliphatic carbocycles. The van der Waals surface area contributed by atoms with Gasteiger partial charge < -0.3 is 15.7 Å². The van der Waals surface area contributed by atoms with E-state index in [9.17, 15) is 9.90 Å². The number of aliphatic hydroxyl groups excluding tert-OH is 1. The predicted molar refractivity (Wildman–Crippen MR) is 76.3 cm³/mol. The number of carbonyl (C=O) groups excluding carboxylic acids is 1. The van der Waals surface area contributed by atoms with Gasteiger partial charge in [0.2, 0.25) is 5.91 Å². The first-order valence-corrected chi connectivity index (χ1v) is 7.00. The predicted octanol–water partition coefficient (Wildman–Crippen LogP) is 2.17. The van der Waals surface area contributed by atoms with Crippen LogP contribution >= 0.6 is 11.6 Å². The van der Waals surface area contributed by atoms with Crippen molar-refractivity contribution in [2.24, 2.45) is 0 Å². The lowest BCUT2D eigenvalue weighted by Crippen LogP contribution is -2.45. The van der Waals surface area contributed by atoms with Crippen molar-refractivity contribution in [1.29, 1.82) is 0 Å². The normalized spacial score (nSPS) is 23.1. The van der Waals surface area contributed by atoms with Gasteiger partial charge in [-0.25, -0.2) is 0 Å². The van der Waals surface area contributed by atoms with Gasteiger partial charge in [-0.05, 0) is 25.0 Å². The Morgan fingerprint density at radius 3 is 2.79 bits per heavy atom. The molecule has 1 fully saturated rings. The van der Waals surface area contributed by atoms with Crippen LogP contribution in [0.3, 0.4) is 0 Å². The Morgan fingerprint density at radius 2 is 2.05 bits per heavy atom. The highest BCUT2D eigenvalue weighted by atomic mass is 35.5. The maximum atomic E-state index is 11.8. The third kappa shape index (κ3) is 4.20. The van der Waals surface area contributed by atoms with Crippen LogP contribution in [0.15, 0.2) is 24.3 Å². The number of halogens is 1. The molecule has 104 valence electrons. The quantitative estimate of drug-likeness (QED) is 0.793. The number of hydrogen-bond donors (Lipinski definition) is 3. The van der Waals surface area contributed by atoms with Crippen molar-refractivity contribution in [3.8, 4) is 0 Å². The number of nitrogens with one attached hydrogen (secondary N) is 2. The molecule has 0 aromatic heterocycles. The number of benzene rings is 1. The van der Waals surface area contributed by atoms with Gasteiger partial charge in [0.25, 0.3) is 0 Å². The van der Waals surface area contributed by atoms with Crippen LogP contribution in [0.5, 0.6) is 0 Å². The molecule has 1 saturated carbocycles. The van der Waals surface area contributed by atoms with E-state index in [-0.39, 0.29) is 24.6 Å². The smallest absolute Gasteiger partial charge is 0.238 e. The van der Waals surface area contributed by atoms with E-state index in [1.165, 1.54) is 0 Å². The molecule has 1 amide bonds. The van der Waals surface area contributed by atoms with Crippen LogP contribution in [0, 0.1) is 0 Å².